The third kappa shape index (κ3) is 5.73. The number of esters is 2. The van der Waals surface area contributed by atoms with Crippen molar-refractivity contribution in [3.63, 3.8) is 0 Å². The maximum Gasteiger partial charge on any atom is 0.312 e. The molecule has 3 N–H and O–H groups in total. The lowest BCUT2D eigenvalue weighted by atomic mass is 9.33. The van der Waals surface area contributed by atoms with E-state index in [1.807, 2.05) is 20.8 Å². The number of ketones is 1. The van der Waals surface area contributed by atoms with Crippen molar-refractivity contribution in [2.24, 2.45) is 68.3 Å². The highest BCUT2D eigenvalue weighted by atomic mass is 16.6. The quantitative estimate of drug-likeness (QED) is 0.266. The van der Waals surface area contributed by atoms with Crippen molar-refractivity contribution < 1.29 is 29.0 Å². The van der Waals surface area contributed by atoms with Crippen molar-refractivity contribution in [1.82, 2.24) is 0 Å². The molecule has 0 heterocycles. The van der Waals surface area contributed by atoms with Gasteiger partial charge in [0.15, 0.2) is 5.78 Å². The van der Waals surface area contributed by atoms with E-state index in [-0.39, 0.29) is 76.2 Å². The SMILES string of the molecule is CC(C)C1=C2C(CC[C@]3(C)[C@@H]2CC[C@@H]2[C@@]4(C)CC[C@H](OC(=O)CC(C)(C)C(=O)OC(C)(C)C)C(C)(C)[C@@H]4CC[C@]23C)[C@H]([C@@H](O)CN)C1=O. The van der Waals surface area contributed by atoms with E-state index < -0.39 is 17.1 Å². The van der Waals surface area contributed by atoms with Gasteiger partial charge in [-0.3, -0.25) is 14.4 Å². The molecule has 5 aliphatic carbocycles. The second kappa shape index (κ2) is 12.2. The van der Waals surface area contributed by atoms with Crippen LogP contribution in [-0.2, 0) is 23.9 Å². The van der Waals surface area contributed by atoms with Gasteiger partial charge in [-0.15, -0.1) is 0 Å². The van der Waals surface area contributed by atoms with Gasteiger partial charge in [-0.2, -0.15) is 0 Å². The highest BCUT2D eigenvalue weighted by Gasteiger charge is 2.69. The first-order valence-corrected chi connectivity index (χ1v) is 19.1. The summed E-state index contributed by atoms with van der Waals surface area (Å²) in [7, 11) is 0. The summed E-state index contributed by atoms with van der Waals surface area (Å²) in [6.45, 7) is 25.7. The molecule has 10 atom stereocenters. The molecular weight excluding hydrogens is 602 g/mol. The second-order valence-electron chi connectivity index (χ2n) is 19.9. The first-order chi connectivity index (χ1) is 22.0. The molecule has 0 amide bonds. The van der Waals surface area contributed by atoms with E-state index in [2.05, 4.69) is 48.5 Å². The minimum absolute atomic E-state index is 0.00224. The first kappa shape index (κ1) is 37.5. The van der Waals surface area contributed by atoms with Crippen molar-refractivity contribution in [2.75, 3.05) is 6.54 Å². The van der Waals surface area contributed by atoms with Crippen molar-refractivity contribution in [2.45, 2.75) is 159 Å². The van der Waals surface area contributed by atoms with Crippen LogP contribution in [0.25, 0.3) is 0 Å². The summed E-state index contributed by atoms with van der Waals surface area (Å²) in [6.07, 6.45) is 7.30. The third-order valence-electron chi connectivity index (χ3n) is 14.9. The molecule has 7 heteroatoms. The Kier molecular flexibility index (Phi) is 9.54. The lowest BCUT2D eigenvalue weighted by Gasteiger charge is -2.71. The number of nitrogens with two attached hydrogens (primary N) is 1. The van der Waals surface area contributed by atoms with Gasteiger partial charge in [-0.25, -0.2) is 0 Å². The minimum atomic E-state index is -0.964. The standard InChI is InChI=1S/C41H67NO6/c1-23(2)31-32-24(33(34(31)45)26(43)22-42)15-19-40(11)25(32)13-14-28-39(10)18-17-29(38(8,9)27(39)16-20-41(28,40)12)47-30(44)21-37(6,7)35(46)48-36(3,4)5/h23-29,33,43H,13-22,42H2,1-12H3/t24?,25-,26+,27+,28-,29+,33-,39+,40-,41-/m1/s1. The number of allylic oxidation sites excluding steroid dienone is 2. The van der Waals surface area contributed by atoms with Gasteiger partial charge in [0.1, 0.15) is 11.7 Å². The molecule has 5 rings (SSSR count). The summed E-state index contributed by atoms with van der Waals surface area (Å²) in [5.74, 6) is 0.614. The molecule has 0 aromatic heterocycles. The highest BCUT2D eigenvalue weighted by molar-refractivity contribution is 6.02. The van der Waals surface area contributed by atoms with Gasteiger partial charge in [-0.05, 0) is 137 Å². The number of rotatable bonds is 7. The Morgan fingerprint density at radius 3 is 2.10 bits per heavy atom. The average Bonchev–Trinajstić information content (AvgIpc) is 3.25. The van der Waals surface area contributed by atoms with Gasteiger partial charge in [0.2, 0.25) is 0 Å². The fraction of sp³-hybridized carbons (Fsp3) is 0.878. The summed E-state index contributed by atoms with van der Waals surface area (Å²) in [6, 6.07) is 0. The van der Waals surface area contributed by atoms with Gasteiger partial charge in [-0.1, -0.05) is 54.0 Å². The zero-order valence-corrected chi connectivity index (χ0v) is 32.3. The van der Waals surface area contributed by atoms with E-state index >= 15 is 0 Å². The Bertz CT molecular complexity index is 1340. The van der Waals surface area contributed by atoms with E-state index in [9.17, 15) is 19.5 Å². The predicted molar refractivity (Wildman–Crippen MR) is 189 cm³/mol. The monoisotopic (exact) mass is 669 g/mol. The van der Waals surface area contributed by atoms with Crippen molar-refractivity contribution in [1.29, 1.82) is 0 Å². The third-order valence-corrected chi connectivity index (χ3v) is 14.9. The van der Waals surface area contributed by atoms with Gasteiger partial charge in [0.05, 0.1) is 23.9 Å². The molecule has 4 fully saturated rings. The number of carbonyl (C=O) groups excluding carboxylic acids is 3. The molecule has 0 bridgehead atoms. The van der Waals surface area contributed by atoms with E-state index in [1.165, 1.54) is 5.57 Å². The number of carbonyl (C=O) groups is 3. The molecule has 0 aliphatic heterocycles. The van der Waals surface area contributed by atoms with Crippen LogP contribution < -0.4 is 5.73 Å². The fourth-order valence-electron chi connectivity index (χ4n) is 12.5. The van der Waals surface area contributed by atoms with E-state index in [0.717, 1.165) is 56.9 Å². The number of aliphatic hydroxyl groups excluding tert-OH is 1. The smallest absolute Gasteiger partial charge is 0.312 e. The summed E-state index contributed by atoms with van der Waals surface area (Å²) < 4.78 is 11.9. The molecular formula is C41H67NO6. The molecule has 272 valence electrons. The van der Waals surface area contributed by atoms with Crippen molar-refractivity contribution >= 4 is 17.7 Å². The second-order valence-corrected chi connectivity index (χ2v) is 19.9. The molecule has 0 aromatic rings. The van der Waals surface area contributed by atoms with Gasteiger partial charge >= 0.3 is 11.9 Å². The van der Waals surface area contributed by atoms with Crippen LogP contribution in [0.2, 0.25) is 0 Å². The zero-order valence-electron chi connectivity index (χ0n) is 32.3. The zero-order chi connectivity index (χ0) is 36.0. The number of fused-ring (bicyclic) bond motifs is 7. The molecule has 4 saturated carbocycles. The van der Waals surface area contributed by atoms with Gasteiger partial charge in [0, 0.05) is 12.0 Å². The van der Waals surface area contributed by atoms with Crippen molar-refractivity contribution in [3.05, 3.63) is 11.1 Å². The van der Waals surface area contributed by atoms with E-state index in [1.54, 1.807) is 13.8 Å². The lowest BCUT2D eigenvalue weighted by molar-refractivity contribution is -0.232. The Hall–Kier alpha value is -1.73. The van der Waals surface area contributed by atoms with Crippen LogP contribution in [0.1, 0.15) is 141 Å². The largest absolute Gasteiger partial charge is 0.462 e. The molecule has 7 nitrogen and oxygen atoms in total. The number of aliphatic hydroxyl groups is 1. The summed E-state index contributed by atoms with van der Waals surface area (Å²) in [4.78, 5) is 40.2. The summed E-state index contributed by atoms with van der Waals surface area (Å²) in [5, 5.41) is 10.9. The first-order valence-electron chi connectivity index (χ1n) is 19.1. The van der Waals surface area contributed by atoms with E-state index in [0.29, 0.717) is 17.8 Å². The van der Waals surface area contributed by atoms with Crippen LogP contribution in [0, 0.1) is 62.6 Å². The summed E-state index contributed by atoms with van der Waals surface area (Å²) >= 11 is 0. The van der Waals surface area contributed by atoms with Gasteiger partial charge in [0.25, 0.3) is 0 Å². The maximum absolute atomic E-state index is 13.9. The van der Waals surface area contributed by atoms with Gasteiger partial charge < -0.3 is 20.3 Å². The molecule has 0 aromatic carbocycles. The van der Waals surface area contributed by atoms with Crippen LogP contribution in [0.3, 0.4) is 0 Å². The maximum atomic E-state index is 13.9. The predicted octanol–water partition coefficient (Wildman–Crippen LogP) is 7.81. The molecule has 0 radical (unpaired) electrons. The van der Waals surface area contributed by atoms with Crippen LogP contribution in [0.4, 0.5) is 0 Å². The van der Waals surface area contributed by atoms with Crippen LogP contribution in [-0.4, -0.2) is 47.2 Å². The normalized spacial score (nSPS) is 40.0. The Morgan fingerprint density at radius 2 is 1.52 bits per heavy atom. The van der Waals surface area contributed by atoms with Crippen molar-refractivity contribution in [3.8, 4) is 0 Å². The van der Waals surface area contributed by atoms with Crippen LogP contribution >= 0.6 is 0 Å². The molecule has 48 heavy (non-hydrogen) atoms. The Morgan fingerprint density at radius 1 is 0.896 bits per heavy atom. The Balaban J connectivity index is 1.38. The van der Waals surface area contributed by atoms with Crippen LogP contribution in [0.5, 0.6) is 0 Å². The average molecular weight is 670 g/mol. The molecule has 1 unspecified atom stereocenters. The summed E-state index contributed by atoms with van der Waals surface area (Å²) in [5.41, 5.74) is 6.83. The molecule has 0 saturated heterocycles. The Labute approximate surface area is 290 Å². The number of Topliss-reactive ketones (excluding diaryl/α,β-unsaturated/α-hetero) is 1. The minimum Gasteiger partial charge on any atom is -0.462 e. The van der Waals surface area contributed by atoms with E-state index in [4.69, 9.17) is 15.2 Å². The number of hydrogen-bond donors (Lipinski definition) is 2. The topological polar surface area (TPSA) is 116 Å². The highest BCUT2D eigenvalue weighted by Crippen LogP contribution is 2.75. The lowest BCUT2D eigenvalue weighted by Crippen LogP contribution is -2.65. The number of ether oxygens (including phenoxy) is 2. The molecule has 0 spiro atoms. The fourth-order valence-corrected chi connectivity index (χ4v) is 12.5. The molecule has 5 aliphatic rings. The number of hydrogen-bond acceptors (Lipinski definition) is 7. The van der Waals surface area contributed by atoms with Crippen LogP contribution in [0.15, 0.2) is 11.1 Å².